The summed E-state index contributed by atoms with van der Waals surface area (Å²) >= 11 is 13.6. The van der Waals surface area contributed by atoms with Crippen molar-refractivity contribution >= 4 is 35.4 Å². The zero-order chi connectivity index (χ0) is 17.0. The van der Waals surface area contributed by atoms with Gasteiger partial charge in [-0.2, -0.15) is 0 Å². The fraction of sp³-hybridized carbons (Fsp3) is 0.273. The van der Waals surface area contributed by atoms with Crippen LogP contribution in [0.2, 0.25) is 0 Å². The molecule has 2 heteroatoms. The number of fused-ring (bicyclic) bond motifs is 2. The third-order valence-electron chi connectivity index (χ3n) is 5.26. The number of benzene rings is 2. The molecule has 2 aromatic carbocycles. The molecule has 2 aromatic rings. The molecule has 0 saturated carbocycles. The Morgan fingerprint density at radius 2 is 1.17 bits per heavy atom. The van der Waals surface area contributed by atoms with Crippen molar-refractivity contribution in [2.45, 2.75) is 31.5 Å². The van der Waals surface area contributed by atoms with Crippen LogP contribution in [0.1, 0.15) is 51.1 Å². The minimum atomic E-state index is -0.0641. The summed E-state index contributed by atoms with van der Waals surface area (Å²) in [5.41, 5.74) is 9.94. The fourth-order valence-electron chi connectivity index (χ4n) is 3.85. The van der Waals surface area contributed by atoms with Gasteiger partial charge in [-0.3, -0.25) is 0 Å². The second-order valence-electron chi connectivity index (χ2n) is 7.00. The number of alkyl halides is 2. The van der Waals surface area contributed by atoms with E-state index in [1.165, 1.54) is 44.5 Å². The maximum Gasteiger partial charge on any atom is 0.0810 e. The van der Waals surface area contributed by atoms with E-state index in [0.717, 1.165) is 0 Å². The van der Waals surface area contributed by atoms with Gasteiger partial charge in [0.25, 0.3) is 0 Å². The van der Waals surface area contributed by atoms with Gasteiger partial charge >= 0.3 is 0 Å². The lowest BCUT2D eigenvalue weighted by Crippen LogP contribution is -2.07. The number of hydrogen-bond acceptors (Lipinski definition) is 0. The highest BCUT2D eigenvalue weighted by atomic mass is 35.5. The van der Waals surface area contributed by atoms with E-state index in [0.29, 0.717) is 0 Å². The Labute approximate surface area is 153 Å². The molecule has 2 aliphatic carbocycles. The Balaban J connectivity index is 1.70. The van der Waals surface area contributed by atoms with Crippen LogP contribution >= 0.6 is 23.2 Å². The molecule has 0 bridgehead atoms. The number of allylic oxidation sites excluding steroid dienone is 2. The maximum absolute atomic E-state index is 6.78. The van der Waals surface area contributed by atoms with Gasteiger partial charge in [0.05, 0.1) is 10.8 Å². The topological polar surface area (TPSA) is 0 Å². The van der Waals surface area contributed by atoms with Gasteiger partial charge in [-0.25, -0.2) is 0 Å². The molecule has 0 saturated heterocycles. The third kappa shape index (κ3) is 2.44. The summed E-state index contributed by atoms with van der Waals surface area (Å²) in [6.45, 7) is 6.46. The number of hydrogen-bond donors (Lipinski definition) is 0. The predicted octanol–water partition coefficient (Wildman–Crippen LogP) is 6.99. The lowest BCUT2D eigenvalue weighted by atomic mass is 9.89. The summed E-state index contributed by atoms with van der Waals surface area (Å²) in [6, 6.07) is 13.0. The first kappa shape index (κ1) is 16.0. The van der Waals surface area contributed by atoms with Gasteiger partial charge in [-0.05, 0) is 47.2 Å². The molecule has 0 aliphatic heterocycles. The molecule has 0 amide bonds. The summed E-state index contributed by atoms with van der Waals surface area (Å²) in [7, 11) is 0. The number of aryl methyl sites for hydroxylation is 2. The van der Waals surface area contributed by atoms with Crippen molar-refractivity contribution in [1.29, 1.82) is 0 Å². The first-order valence-electron chi connectivity index (χ1n) is 8.38. The van der Waals surface area contributed by atoms with Crippen LogP contribution in [0.4, 0.5) is 0 Å². The zero-order valence-electron chi connectivity index (χ0n) is 14.1. The molecule has 0 nitrogen and oxygen atoms in total. The van der Waals surface area contributed by atoms with Crippen molar-refractivity contribution in [2.75, 3.05) is 0 Å². The van der Waals surface area contributed by atoms with Crippen molar-refractivity contribution in [3.05, 3.63) is 80.9 Å². The number of halogens is 2. The molecule has 0 aromatic heterocycles. The summed E-state index contributed by atoms with van der Waals surface area (Å²) in [4.78, 5) is 0. The Kier molecular flexibility index (Phi) is 3.86. The van der Waals surface area contributed by atoms with E-state index in [2.05, 4.69) is 69.3 Å². The van der Waals surface area contributed by atoms with Crippen molar-refractivity contribution in [3.63, 3.8) is 0 Å². The van der Waals surface area contributed by atoms with Crippen molar-refractivity contribution in [1.82, 2.24) is 0 Å². The maximum atomic E-state index is 6.78. The third-order valence-corrected chi connectivity index (χ3v) is 6.23. The highest BCUT2D eigenvalue weighted by Gasteiger charge is 2.33. The largest absolute Gasteiger partial charge is 0.113 e. The average Bonchev–Trinajstić information content (AvgIpc) is 3.04. The van der Waals surface area contributed by atoms with Crippen LogP contribution < -0.4 is 0 Å². The first-order chi connectivity index (χ1) is 11.5. The Bertz CT molecular complexity index is 815. The summed E-state index contributed by atoms with van der Waals surface area (Å²) in [5.74, 6) is 0.232. The minimum Gasteiger partial charge on any atom is -0.113 e. The summed E-state index contributed by atoms with van der Waals surface area (Å²) in [6.07, 6.45) is 4.51. The normalized spacial score (nSPS) is 22.7. The minimum absolute atomic E-state index is 0.0641. The van der Waals surface area contributed by atoms with Gasteiger partial charge in [0.1, 0.15) is 0 Å². The second-order valence-corrected chi connectivity index (χ2v) is 7.87. The molecule has 2 atom stereocenters. The van der Waals surface area contributed by atoms with E-state index in [-0.39, 0.29) is 16.7 Å². The Morgan fingerprint density at radius 1 is 0.750 bits per heavy atom. The van der Waals surface area contributed by atoms with Crippen LogP contribution in [0.3, 0.4) is 0 Å². The van der Waals surface area contributed by atoms with Crippen molar-refractivity contribution in [2.24, 2.45) is 5.92 Å². The first-order valence-corrected chi connectivity index (χ1v) is 9.25. The average molecular weight is 355 g/mol. The van der Waals surface area contributed by atoms with Crippen LogP contribution in [0.25, 0.3) is 12.2 Å². The second kappa shape index (κ2) is 5.79. The Morgan fingerprint density at radius 3 is 1.58 bits per heavy atom. The molecule has 0 heterocycles. The lowest BCUT2D eigenvalue weighted by Gasteiger charge is -2.21. The highest BCUT2D eigenvalue weighted by molar-refractivity contribution is 6.25. The molecule has 0 spiro atoms. The predicted molar refractivity (Wildman–Crippen MR) is 105 cm³/mol. The van der Waals surface area contributed by atoms with E-state index >= 15 is 0 Å². The van der Waals surface area contributed by atoms with Gasteiger partial charge < -0.3 is 0 Å². The standard InChI is InChI=1S/C22H20Cl2/c1-12-4-6-17-15(8-12)10-19(21(17)23)14(3)20-11-16-9-13(2)5-7-18(16)22(20)24/h4-11,14,21-22H,1-3H3. The molecule has 24 heavy (non-hydrogen) atoms. The molecule has 0 N–H and O–H groups in total. The molecule has 2 aliphatic rings. The van der Waals surface area contributed by atoms with E-state index in [1.54, 1.807) is 0 Å². The van der Waals surface area contributed by atoms with Crippen LogP contribution in [-0.4, -0.2) is 0 Å². The van der Waals surface area contributed by atoms with Gasteiger partial charge in [0.2, 0.25) is 0 Å². The van der Waals surface area contributed by atoms with Crippen molar-refractivity contribution < 1.29 is 0 Å². The Hall–Kier alpha value is -1.50. The molecule has 4 rings (SSSR count). The van der Waals surface area contributed by atoms with Crippen molar-refractivity contribution in [3.8, 4) is 0 Å². The zero-order valence-corrected chi connectivity index (χ0v) is 15.6. The van der Waals surface area contributed by atoms with E-state index in [9.17, 15) is 0 Å². The van der Waals surface area contributed by atoms with Gasteiger partial charge in [0, 0.05) is 5.92 Å². The van der Waals surface area contributed by atoms with Crippen LogP contribution in [0, 0.1) is 19.8 Å². The SMILES string of the molecule is Cc1ccc2c(c1)C=C(C(C)C1=Cc3cc(C)ccc3C1Cl)C2Cl. The van der Waals surface area contributed by atoms with E-state index in [4.69, 9.17) is 23.2 Å². The summed E-state index contributed by atoms with van der Waals surface area (Å²) in [5, 5.41) is -0.128. The number of rotatable bonds is 2. The van der Waals surface area contributed by atoms with E-state index < -0.39 is 0 Å². The molecular formula is C22H20Cl2. The lowest BCUT2D eigenvalue weighted by molar-refractivity contribution is 0.753. The monoisotopic (exact) mass is 354 g/mol. The molecule has 0 radical (unpaired) electrons. The van der Waals surface area contributed by atoms with Gasteiger partial charge in [0.15, 0.2) is 0 Å². The molecule has 0 fully saturated rings. The summed E-state index contributed by atoms with van der Waals surface area (Å²) < 4.78 is 0. The van der Waals surface area contributed by atoms with Crippen LogP contribution in [0.5, 0.6) is 0 Å². The van der Waals surface area contributed by atoms with E-state index in [1.807, 2.05) is 0 Å². The fourth-order valence-corrected chi connectivity index (χ4v) is 4.75. The molecule has 2 unspecified atom stereocenters. The highest BCUT2D eigenvalue weighted by Crippen LogP contribution is 2.50. The quantitative estimate of drug-likeness (QED) is 0.509. The molecule has 122 valence electrons. The molecular weight excluding hydrogens is 335 g/mol. The van der Waals surface area contributed by atoms with Gasteiger partial charge in [-0.15, -0.1) is 23.2 Å². The van der Waals surface area contributed by atoms with Gasteiger partial charge in [-0.1, -0.05) is 66.6 Å². The van der Waals surface area contributed by atoms with Crippen LogP contribution in [-0.2, 0) is 0 Å². The smallest absolute Gasteiger partial charge is 0.0810 e. The van der Waals surface area contributed by atoms with Crippen LogP contribution in [0.15, 0.2) is 47.5 Å².